The minimum Gasteiger partial charge on any atom is -0.422 e. The van der Waals surface area contributed by atoms with E-state index in [1.165, 1.54) is 6.08 Å². The van der Waals surface area contributed by atoms with Crippen molar-refractivity contribution in [2.45, 2.75) is 0 Å². The summed E-state index contributed by atoms with van der Waals surface area (Å²) in [5, 5.41) is 18.3. The van der Waals surface area contributed by atoms with Crippen LogP contribution >= 0.6 is 0 Å². The second kappa shape index (κ2) is 5.90. The second-order valence-corrected chi connectivity index (χ2v) is 4.74. The van der Waals surface area contributed by atoms with Gasteiger partial charge in [0.15, 0.2) is 0 Å². The summed E-state index contributed by atoms with van der Waals surface area (Å²) in [7, 11) is 0. The van der Waals surface area contributed by atoms with Crippen molar-refractivity contribution in [3.63, 3.8) is 0 Å². The fraction of sp³-hybridized carbons (Fsp3) is 0. The predicted octanol–water partition coefficient (Wildman–Crippen LogP) is 3.16. The van der Waals surface area contributed by atoms with Crippen molar-refractivity contribution in [2.24, 2.45) is 0 Å². The van der Waals surface area contributed by atoms with Gasteiger partial charge < -0.3 is 4.42 Å². The Bertz CT molecular complexity index is 1090. The fourth-order valence-corrected chi connectivity index (χ4v) is 2.17. The summed E-state index contributed by atoms with van der Waals surface area (Å²) in [6.45, 7) is 0. The van der Waals surface area contributed by atoms with E-state index in [1.54, 1.807) is 30.3 Å². The number of benzene rings is 1. The number of rotatable bonds is 1. The van der Waals surface area contributed by atoms with Crippen LogP contribution in [-0.2, 0) is 0 Å². The Labute approximate surface area is 131 Å². The average molecular weight is 296 g/mol. The molecule has 1 aliphatic carbocycles. The van der Waals surface area contributed by atoms with Gasteiger partial charge in [-0.25, -0.2) is 4.79 Å². The smallest absolute Gasteiger partial charge is 0.343 e. The van der Waals surface area contributed by atoms with Crippen LogP contribution in [-0.4, -0.2) is 0 Å². The van der Waals surface area contributed by atoms with Gasteiger partial charge in [-0.1, -0.05) is 30.1 Å². The lowest BCUT2D eigenvalue weighted by Gasteiger charge is -2.04. The van der Waals surface area contributed by atoms with Crippen molar-refractivity contribution in [3.8, 4) is 24.0 Å². The largest absolute Gasteiger partial charge is 0.422 e. The first kappa shape index (κ1) is 14.1. The Hall–Kier alpha value is -3.81. The molecule has 0 bridgehead atoms. The van der Waals surface area contributed by atoms with Gasteiger partial charge in [-0.15, -0.1) is 0 Å². The van der Waals surface area contributed by atoms with Crippen LogP contribution in [0.2, 0.25) is 0 Å². The summed E-state index contributed by atoms with van der Waals surface area (Å²) in [6.07, 6.45) is 8.59. The molecule has 4 nitrogen and oxygen atoms in total. The van der Waals surface area contributed by atoms with E-state index in [0.29, 0.717) is 11.0 Å². The monoisotopic (exact) mass is 296 g/mol. The lowest BCUT2D eigenvalue weighted by Crippen LogP contribution is -2.03. The summed E-state index contributed by atoms with van der Waals surface area (Å²) in [6, 6.07) is 8.62. The highest BCUT2D eigenvalue weighted by Gasteiger charge is 2.08. The highest BCUT2D eigenvalue weighted by molar-refractivity contribution is 5.85. The molecular weight excluding hydrogens is 288 g/mol. The van der Waals surface area contributed by atoms with Crippen LogP contribution in [0.5, 0.6) is 0 Å². The van der Waals surface area contributed by atoms with Crippen LogP contribution in [0.15, 0.2) is 51.2 Å². The van der Waals surface area contributed by atoms with Crippen LogP contribution < -0.4 is 5.63 Å². The third kappa shape index (κ3) is 2.81. The molecule has 0 fully saturated rings. The summed E-state index contributed by atoms with van der Waals surface area (Å²) in [4.78, 5) is 12.0. The van der Waals surface area contributed by atoms with Crippen molar-refractivity contribution >= 4 is 23.1 Å². The van der Waals surface area contributed by atoms with Crippen LogP contribution in [0.25, 0.3) is 23.1 Å². The molecule has 0 spiro atoms. The van der Waals surface area contributed by atoms with Crippen molar-refractivity contribution < 1.29 is 4.42 Å². The number of fused-ring (bicyclic) bond motifs is 2. The third-order valence-corrected chi connectivity index (χ3v) is 3.25. The summed E-state index contributed by atoms with van der Waals surface area (Å²) < 4.78 is 5.29. The molecule has 0 atom stereocenters. The highest BCUT2D eigenvalue weighted by Crippen LogP contribution is 2.22. The average Bonchev–Trinajstić information content (AvgIpc) is 2.53. The number of hydrogen-bond donors (Lipinski definition) is 0. The van der Waals surface area contributed by atoms with Gasteiger partial charge in [0.05, 0.1) is 5.56 Å². The summed E-state index contributed by atoms with van der Waals surface area (Å²) in [5.74, 6) is 5.89. The number of allylic oxidation sites excluding steroid dienone is 4. The first-order valence-corrected chi connectivity index (χ1v) is 6.70. The third-order valence-electron chi connectivity index (χ3n) is 3.25. The summed E-state index contributed by atoms with van der Waals surface area (Å²) in [5.41, 5.74) is 1.48. The molecule has 1 heterocycles. The lowest BCUT2D eigenvalue weighted by molar-refractivity contribution is 0.559. The van der Waals surface area contributed by atoms with Crippen molar-refractivity contribution in [1.82, 2.24) is 0 Å². The van der Waals surface area contributed by atoms with Crippen molar-refractivity contribution in [1.29, 1.82) is 10.5 Å². The Kier molecular flexibility index (Phi) is 3.63. The predicted molar refractivity (Wildman–Crippen MR) is 86.7 cm³/mol. The van der Waals surface area contributed by atoms with Crippen LogP contribution in [0, 0.1) is 34.5 Å². The molecule has 0 aliphatic heterocycles. The number of hydrogen-bond acceptors (Lipinski definition) is 4. The molecule has 0 saturated heterocycles. The minimum atomic E-state index is -0.602. The topological polar surface area (TPSA) is 77.8 Å². The van der Waals surface area contributed by atoms with E-state index in [0.717, 1.165) is 11.1 Å². The molecule has 0 amide bonds. The molecule has 1 aliphatic rings. The van der Waals surface area contributed by atoms with Gasteiger partial charge in [-0.3, -0.25) is 0 Å². The van der Waals surface area contributed by atoms with E-state index < -0.39 is 5.63 Å². The first-order chi connectivity index (χ1) is 11.2. The number of nitrogens with zero attached hydrogens (tertiary/aromatic N) is 2. The molecule has 0 unspecified atom stereocenters. The number of nitriles is 2. The maximum Gasteiger partial charge on any atom is 0.343 e. The van der Waals surface area contributed by atoms with E-state index in [9.17, 15) is 4.79 Å². The molecule has 106 valence electrons. The van der Waals surface area contributed by atoms with Gasteiger partial charge in [0.1, 0.15) is 23.3 Å². The van der Waals surface area contributed by atoms with E-state index in [-0.39, 0.29) is 11.1 Å². The molecule has 0 saturated carbocycles. The second-order valence-electron chi connectivity index (χ2n) is 4.74. The molecular formula is C19H8N2O2. The standard InChI is InChI=1S/C19H8N2O2/c20-11-13(12-21)7-17-9-16-8-14-5-3-1-2-4-6-15(14)10-18(16)23-19(17)22/h1-3,5,7-10H. The molecule has 1 aromatic carbocycles. The molecule has 23 heavy (non-hydrogen) atoms. The van der Waals surface area contributed by atoms with Gasteiger partial charge in [0, 0.05) is 10.9 Å². The highest BCUT2D eigenvalue weighted by atomic mass is 16.4. The van der Waals surface area contributed by atoms with Crippen molar-refractivity contribution in [2.75, 3.05) is 0 Å². The van der Waals surface area contributed by atoms with Crippen LogP contribution in [0.4, 0.5) is 0 Å². The van der Waals surface area contributed by atoms with Gasteiger partial charge in [-0.05, 0) is 35.9 Å². The summed E-state index contributed by atoms with van der Waals surface area (Å²) >= 11 is 0. The van der Waals surface area contributed by atoms with E-state index in [4.69, 9.17) is 14.9 Å². The Morgan fingerprint density at radius 2 is 2.00 bits per heavy atom. The fourth-order valence-electron chi connectivity index (χ4n) is 2.17. The van der Waals surface area contributed by atoms with Gasteiger partial charge >= 0.3 is 5.63 Å². The first-order valence-electron chi connectivity index (χ1n) is 6.70. The molecule has 1 aromatic heterocycles. The van der Waals surface area contributed by atoms with Gasteiger partial charge in [0.25, 0.3) is 0 Å². The van der Waals surface area contributed by atoms with E-state index >= 15 is 0 Å². The van der Waals surface area contributed by atoms with Crippen molar-refractivity contribution in [3.05, 3.63) is 69.1 Å². The zero-order valence-corrected chi connectivity index (χ0v) is 11.8. The molecule has 3 rings (SSSR count). The van der Waals surface area contributed by atoms with Gasteiger partial charge in [-0.2, -0.15) is 10.5 Å². The normalized spacial score (nSPS) is 11.2. The molecule has 4 heteroatoms. The van der Waals surface area contributed by atoms with Crippen LogP contribution in [0.3, 0.4) is 0 Å². The molecule has 0 radical (unpaired) electrons. The maximum atomic E-state index is 12.0. The SMILES string of the molecule is N#CC(C#N)=Cc1cc2cc3c(cc2oc1=O)C#CC=CC=C3. The Balaban J connectivity index is 2.25. The zero-order chi connectivity index (χ0) is 16.2. The lowest BCUT2D eigenvalue weighted by atomic mass is 10.0. The van der Waals surface area contributed by atoms with Crippen LogP contribution in [0.1, 0.15) is 16.7 Å². The van der Waals surface area contributed by atoms with E-state index in [2.05, 4.69) is 11.8 Å². The zero-order valence-electron chi connectivity index (χ0n) is 11.8. The van der Waals surface area contributed by atoms with E-state index in [1.807, 2.05) is 24.3 Å². The minimum absolute atomic E-state index is 0.154. The Morgan fingerprint density at radius 1 is 1.17 bits per heavy atom. The van der Waals surface area contributed by atoms with Gasteiger partial charge in [0.2, 0.25) is 0 Å². The molecule has 0 N–H and O–H groups in total. The quantitative estimate of drug-likeness (QED) is 0.460. The Morgan fingerprint density at radius 3 is 2.78 bits per heavy atom. The molecule has 2 aromatic rings. The maximum absolute atomic E-state index is 12.0.